The third-order valence-corrected chi connectivity index (χ3v) is 4.33. The molecular weight excluding hydrogens is 322 g/mol. The predicted octanol–water partition coefficient (Wildman–Crippen LogP) is 1.81. The van der Waals surface area contributed by atoms with Crippen LogP contribution >= 0.6 is 0 Å². The summed E-state index contributed by atoms with van der Waals surface area (Å²) in [6.07, 6.45) is 2.33. The van der Waals surface area contributed by atoms with Gasteiger partial charge < -0.3 is 15.4 Å². The third-order valence-electron chi connectivity index (χ3n) is 4.33. The van der Waals surface area contributed by atoms with Gasteiger partial charge in [0.1, 0.15) is 17.8 Å². The van der Waals surface area contributed by atoms with Crippen molar-refractivity contribution in [2.24, 2.45) is 0 Å². The fourth-order valence-electron chi connectivity index (χ4n) is 2.73. The lowest BCUT2D eigenvalue weighted by molar-refractivity contribution is -0.134. The van der Waals surface area contributed by atoms with Crippen LogP contribution in [0.25, 0.3) is 0 Å². The summed E-state index contributed by atoms with van der Waals surface area (Å²) in [5.41, 5.74) is -0.0114. The Balaban J connectivity index is 1.89. The second-order valence-electron chi connectivity index (χ2n) is 6.38. The van der Waals surface area contributed by atoms with Gasteiger partial charge in [-0.15, -0.1) is 0 Å². The molecule has 1 aliphatic heterocycles. The number of ether oxygens (including phenoxy) is 1. The number of nitrogens with one attached hydrogen (secondary N) is 2. The molecule has 1 aliphatic rings. The Morgan fingerprint density at radius 3 is 2.56 bits per heavy atom. The highest BCUT2D eigenvalue weighted by Gasteiger charge is 2.47. The zero-order valence-electron chi connectivity index (χ0n) is 14.9. The maximum Gasteiger partial charge on any atom is 0.325 e. The van der Waals surface area contributed by atoms with Crippen molar-refractivity contribution in [2.75, 3.05) is 13.7 Å². The number of amides is 4. The van der Waals surface area contributed by atoms with Crippen LogP contribution < -0.4 is 15.4 Å². The highest BCUT2D eigenvalue weighted by molar-refractivity contribution is 6.08. The van der Waals surface area contributed by atoms with Crippen LogP contribution in [0, 0.1) is 0 Å². The molecule has 1 aromatic carbocycles. The smallest absolute Gasteiger partial charge is 0.325 e. The zero-order chi connectivity index (χ0) is 18.4. The van der Waals surface area contributed by atoms with E-state index in [2.05, 4.69) is 10.6 Å². The summed E-state index contributed by atoms with van der Waals surface area (Å²) in [6, 6.07) is 6.78. The average Bonchev–Trinajstić information content (AvgIpc) is 2.82. The van der Waals surface area contributed by atoms with E-state index in [0.29, 0.717) is 13.0 Å². The fourth-order valence-corrected chi connectivity index (χ4v) is 2.73. The maximum atomic E-state index is 12.5. The van der Waals surface area contributed by atoms with Crippen LogP contribution in [0.1, 0.15) is 38.7 Å². The Bertz CT molecular complexity index is 644. The molecule has 136 valence electrons. The molecule has 1 fully saturated rings. The number of imide groups is 1. The standard InChI is InChI=1S/C18H25N3O4/c1-4-5-10-18(2)16(23)21(17(24)20-18)12-15(22)19-11-13-6-8-14(25-3)9-7-13/h6-9H,4-5,10-12H2,1-3H3,(H,19,22)(H,20,24)/t18-/m0/s1. The van der Waals surface area contributed by atoms with E-state index in [0.717, 1.165) is 29.1 Å². The Kier molecular flexibility index (Phi) is 6.01. The van der Waals surface area contributed by atoms with Crippen molar-refractivity contribution < 1.29 is 19.1 Å². The second-order valence-corrected chi connectivity index (χ2v) is 6.38. The van der Waals surface area contributed by atoms with Gasteiger partial charge in [-0.25, -0.2) is 4.79 Å². The number of carbonyl (C=O) groups excluding carboxylic acids is 3. The largest absolute Gasteiger partial charge is 0.497 e. The number of nitrogens with zero attached hydrogens (tertiary/aromatic N) is 1. The molecule has 0 bridgehead atoms. The molecule has 0 spiro atoms. The molecule has 1 heterocycles. The van der Waals surface area contributed by atoms with Gasteiger partial charge in [-0.1, -0.05) is 31.9 Å². The van der Waals surface area contributed by atoms with Gasteiger partial charge in [0.15, 0.2) is 0 Å². The van der Waals surface area contributed by atoms with Crippen LogP contribution in [0.4, 0.5) is 4.79 Å². The van der Waals surface area contributed by atoms with Crippen LogP contribution in [0.2, 0.25) is 0 Å². The molecule has 2 rings (SSSR count). The van der Waals surface area contributed by atoms with E-state index in [-0.39, 0.29) is 18.4 Å². The van der Waals surface area contributed by atoms with Crippen molar-refractivity contribution in [1.29, 1.82) is 0 Å². The SMILES string of the molecule is CCCC[C@]1(C)NC(=O)N(CC(=O)NCc2ccc(OC)cc2)C1=O. The summed E-state index contributed by atoms with van der Waals surface area (Å²) < 4.78 is 5.08. The van der Waals surface area contributed by atoms with E-state index in [9.17, 15) is 14.4 Å². The molecule has 0 aliphatic carbocycles. The quantitative estimate of drug-likeness (QED) is 0.702. The van der Waals surface area contributed by atoms with E-state index in [4.69, 9.17) is 4.74 Å². The topological polar surface area (TPSA) is 87.7 Å². The van der Waals surface area contributed by atoms with Crippen LogP contribution in [0.15, 0.2) is 24.3 Å². The van der Waals surface area contributed by atoms with Gasteiger partial charge in [-0.2, -0.15) is 0 Å². The molecule has 7 heteroatoms. The lowest BCUT2D eigenvalue weighted by atomic mass is 9.95. The second kappa shape index (κ2) is 8.00. The van der Waals surface area contributed by atoms with Gasteiger partial charge in [-0.3, -0.25) is 14.5 Å². The van der Waals surface area contributed by atoms with Crippen molar-refractivity contribution in [3.8, 4) is 5.75 Å². The lowest BCUT2D eigenvalue weighted by Crippen LogP contribution is -2.45. The number of rotatable bonds is 8. The molecule has 0 aromatic heterocycles. The Labute approximate surface area is 147 Å². The number of methoxy groups -OCH3 is 1. The minimum atomic E-state index is -0.913. The number of unbranched alkanes of at least 4 members (excludes halogenated alkanes) is 1. The van der Waals surface area contributed by atoms with Gasteiger partial charge in [0.2, 0.25) is 5.91 Å². The normalized spacial score (nSPS) is 19.7. The first-order valence-corrected chi connectivity index (χ1v) is 8.43. The summed E-state index contributed by atoms with van der Waals surface area (Å²) in [4.78, 5) is 37.6. The van der Waals surface area contributed by atoms with Crippen LogP contribution in [-0.4, -0.2) is 41.9 Å². The van der Waals surface area contributed by atoms with Gasteiger partial charge in [0.05, 0.1) is 7.11 Å². The maximum absolute atomic E-state index is 12.5. The zero-order valence-corrected chi connectivity index (χ0v) is 14.9. The summed E-state index contributed by atoms with van der Waals surface area (Å²) in [5.74, 6) is 0.0189. The molecule has 1 atom stereocenters. The monoisotopic (exact) mass is 347 g/mol. The molecule has 1 saturated heterocycles. The molecule has 7 nitrogen and oxygen atoms in total. The number of hydrogen-bond donors (Lipinski definition) is 2. The third kappa shape index (κ3) is 4.49. The first kappa shape index (κ1) is 18.8. The van der Waals surface area contributed by atoms with Crippen molar-refractivity contribution in [3.05, 3.63) is 29.8 Å². The average molecular weight is 347 g/mol. The molecule has 0 saturated carbocycles. The Morgan fingerprint density at radius 2 is 1.96 bits per heavy atom. The molecule has 0 radical (unpaired) electrons. The van der Waals surface area contributed by atoms with Crippen molar-refractivity contribution in [1.82, 2.24) is 15.5 Å². The van der Waals surface area contributed by atoms with Crippen LogP contribution in [-0.2, 0) is 16.1 Å². The summed E-state index contributed by atoms with van der Waals surface area (Å²) in [5, 5.41) is 5.42. The first-order chi connectivity index (χ1) is 11.9. The molecule has 25 heavy (non-hydrogen) atoms. The van der Waals surface area contributed by atoms with Crippen LogP contribution in [0.3, 0.4) is 0 Å². The van der Waals surface area contributed by atoms with E-state index in [1.165, 1.54) is 0 Å². The molecule has 2 N–H and O–H groups in total. The Morgan fingerprint density at radius 1 is 1.28 bits per heavy atom. The van der Waals surface area contributed by atoms with Gasteiger partial charge in [0, 0.05) is 6.54 Å². The van der Waals surface area contributed by atoms with Crippen molar-refractivity contribution in [2.45, 2.75) is 45.2 Å². The van der Waals surface area contributed by atoms with Gasteiger partial charge in [-0.05, 0) is 31.0 Å². The van der Waals surface area contributed by atoms with Crippen molar-refractivity contribution in [3.63, 3.8) is 0 Å². The molecule has 0 unspecified atom stereocenters. The minimum Gasteiger partial charge on any atom is -0.497 e. The highest BCUT2D eigenvalue weighted by atomic mass is 16.5. The summed E-state index contributed by atoms with van der Waals surface area (Å²) in [6.45, 7) is 3.77. The molecular formula is C18H25N3O4. The van der Waals surface area contributed by atoms with Crippen molar-refractivity contribution >= 4 is 17.8 Å². The van der Waals surface area contributed by atoms with E-state index in [1.54, 1.807) is 26.2 Å². The van der Waals surface area contributed by atoms with Gasteiger partial charge >= 0.3 is 6.03 Å². The first-order valence-electron chi connectivity index (χ1n) is 8.43. The Hall–Kier alpha value is -2.57. The number of carbonyl (C=O) groups is 3. The van der Waals surface area contributed by atoms with Gasteiger partial charge in [0.25, 0.3) is 5.91 Å². The lowest BCUT2D eigenvalue weighted by Gasteiger charge is -2.21. The number of benzene rings is 1. The summed E-state index contributed by atoms with van der Waals surface area (Å²) >= 11 is 0. The molecule has 1 aromatic rings. The molecule has 4 amide bonds. The minimum absolute atomic E-state index is 0.275. The summed E-state index contributed by atoms with van der Waals surface area (Å²) in [7, 11) is 1.59. The van der Waals surface area contributed by atoms with E-state index < -0.39 is 11.6 Å². The van der Waals surface area contributed by atoms with Crippen LogP contribution in [0.5, 0.6) is 5.75 Å². The van der Waals surface area contributed by atoms with E-state index in [1.807, 2.05) is 19.1 Å². The highest BCUT2D eigenvalue weighted by Crippen LogP contribution is 2.23. The number of urea groups is 1. The fraction of sp³-hybridized carbons (Fsp3) is 0.500. The predicted molar refractivity (Wildman–Crippen MR) is 93.0 cm³/mol. The number of hydrogen-bond acceptors (Lipinski definition) is 4. The van der Waals surface area contributed by atoms with E-state index >= 15 is 0 Å².